The first-order valence-electron chi connectivity index (χ1n) is 14.7. The zero-order chi connectivity index (χ0) is 23.2. The maximum absolute atomic E-state index is 2.54. The molecule has 5 atom stereocenters. The zero-order valence-electron chi connectivity index (χ0n) is 23.2. The second-order valence-corrected chi connectivity index (χ2v) is 13.2. The van der Waals surface area contributed by atoms with Crippen LogP contribution in [0.4, 0.5) is 0 Å². The molecule has 2 rings (SSSR count). The number of unbranched alkanes of at least 4 members (excludes halogenated alkanes) is 1. The highest BCUT2D eigenvalue weighted by atomic mass is 14.7. The summed E-state index contributed by atoms with van der Waals surface area (Å²) in [7, 11) is 0. The lowest BCUT2D eigenvalue weighted by Crippen LogP contribution is -2.43. The summed E-state index contributed by atoms with van der Waals surface area (Å²) in [6.45, 7) is 22.2. The van der Waals surface area contributed by atoms with E-state index in [0.29, 0.717) is 10.8 Å². The van der Waals surface area contributed by atoms with E-state index < -0.39 is 0 Å². The van der Waals surface area contributed by atoms with Gasteiger partial charge >= 0.3 is 0 Å². The molecule has 2 aliphatic rings. The van der Waals surface area contributed by atoms with Crippen LogP contribution >= 0.6 is 0 Å². The Bertz CT molecular complexity index is 496. The lowest BCUT2D eigenvalue weighted by Gasteiger charge is -2.54. The topological polar surface area (TPSA) is 0 Å². The molecule has 5 unspecified atom stereocenters. The fourth-order valence-corrected chi connectivity index (χ4v) is 8.10. The Labute approximate surface area is 198 Å². The van der Waals surface area contributed by atoms with Gasteiger partial charge in [-0.1, -0.05) is 101 Å². The lowest BCUT2D eigenvalue weighted by molar-refractivity contribution is -0.0336. The highest BCUT2D eigenvalue weighted by molar-refractivity contribution is 5.11. The molecule has 0 aromatic rings. The van der Waals surface area contributed by atoms with Crippen LogP contribution in [0.3, 0.4) is 0 Å². The summed E-state index contributed by atoms with van der Waals surface area (Å²) >= 11 is 0. The monoisotopic (exact) mass is 432 g/mol. The Morgan fingerprint density at radius 2 is 1.48 bits per heavy atom. The molecule has 0 bridgehead atoms. The highest BCUT2D eigenvalue weighted by Crippen LogP contribution is 2.71. The summed E-state index contributed by atoms with van der Waals surface area (Å²) in [5.74, 6) is 6.63. The van der Waals surface area contributed by atoms with Gasteiger partial charge in [-0.3, -0.25) is 0 Å². The van der Waals surface area contributed by atoms with E-state index in [0.717, 1.165) is 41.4 Å². The number of rotatable bonds is 16. The molecule has 2 fully saturated rings. The van der Waals surface area contributed by atoms with Crippen molar-refractivity contribution in [2.45, 2.75) is 146 Å². The van der Waals surface area contributed by atoms with Crippen LogP contribution < -0.4 is 0 Å². The predicted octanol–water partition coefficient (Wildman–Crippen LogP) is 10.6. The minimum absolute atomic E-state index is 0.675. The summed E-state index contributed by atoms with van der Waals surface area (Å²) in [4.78, 5) is 0. The maximum atomic E-state index is 2.54. The summed E-state index contributed by atoms with van der Waals surface area (Å²) in [5.41, 5.74) is 1.37. The van der Waals surface area contributed by atoms with Crippen molar-refractivity contribution in [3.63, 3.8) is 0 Å². The van der Waals surface area contributed by atoms with Gasteiger partial charge in [0.15, 0.2) is 0 Å². The zero-order valence-corrected chi connectivity index (χ0v) is 23.2. The van der Waals surface area contributed by atoms with Crippen molar-refractivity contribution in [1.82, 2.24) is 0 Å². The van der Waals surface area contributed by atoms with Crippen LogP contribution in [0.25, 0.3) is 0 Å². The van der Waals surface area contributed by atoms with Gasteiger partial charge in [-0.05, 0) is 97.2 Å². The molecule has 0 nitrogen and oxygen atoms in total. The molecule has 0 amide bonds. The van der Waals surface area contributed by atoms with Gasteiger partial charge in [0, 0.05) is 0 Å². The van der Waals surface area contributed by atoms with Crippen molar-refractivity contribution < 1.29 is 0 Å². The maximum Gasteiger partial charge on any atom is -0.0233 e. The standard InChI is InChI=1S/C31H60/c1-10-14-16-28(13-4)31(21-29(31)17-26(15-11-2)25(9)12-3)22-30(18-23(5)6)19-27(20-30)24(7)8/h23-29H,10-22H2,1-9H3. The normalized spacial score (nSPS) is 33.4. The molecule has 0 saturated heterocycles. The molecule has 2 aliphatic carbocycles. The van der Waals surface area contributed by atoms with Gasteiger partial charge in [0.1, 0.15) is 0 Å². The van der Waals surface area contributed by atoms with E-state index in [2.05, 4.69) is 62.3 Å². The fourth-order valence-electron chi connectivity index (χ4n) is 8.10. The molecular formula is C31H60. The first-order valence-corrected chi connectivity index (χ1v) is 14.7. The van der Waals surface area contributed by atoms with Crippen molar-refractivity contribution in [3.05, 3.63) is 0 Å². The third-order valence-electron chi connectivity index (χ3n) is 10.1. The Hall–Kier alpha value is 0. The van der Waals surface area contributed by atoms with E-state index in [4.69, 9.17) is 0 Å². The highest BCUT2D eigenvalue weighted by Gasteiger charge is 2.62. The predicted molar refractivity (Wildman–Crippen MR) is 140 cm³/mol. The molecule has 184 valence electrons. The van der Waals surface area contributed by atoms with E-state index in [-0.39, 0.29) is 0 Å². The molecule has 2 saturated carbocycles. The Morgan fingerprint density at radius 3 is 1.97 bits per heavy atom. The molecule has 0 spiro atoms. The average molecular weight is 433 g/mol. The first kappa shape index (κ1) is 27.2. The molecular weight excluding hydrogens is 372 g/mol. The Balaban J connectivity index is 2.22. The van der Waals surface area contributed by atoms with Crippen molar-refractivity contribution in [1.29, 1.82) is 0 Å². The molecule has 0 N–H and O–H groups in total. The largest absolute Gasteiger partial charge is 0.0654 e. The number of hydrogen-bond acceptors (Lipinski definition) is 0. The summed E-state index contributed by atoms with van der Waals surface area (Å²) < 4.78 is 0. The van der Waals surface area contributed by atoms with Crippen molar-refractivity contribution >= 4 is 0 Å². The quantitative estimate of drug-likeness (QED) is 0.227. The fraction of sp³-hybridized carbons (Fsp3) is 1.00. The smallest absolute Gasteiger partial charge is 0.0233 e. The second-order valence-electron chi connectivity index (χ2n) is 13.2. The van der Waals surface area contributed by atoms with Gasteiger partial charge in [-0.15, -0.1) is 0 Å². The van der Waals surface area contributed by atoms with Crippen LogP contribution in [0, 0.1) is 52.3 Å². The van der Waals surface area contributed by atoms with Gasteiger partial charge in [0.05, 0.1) is 0 Å². The van der Waals surface area contributed by atoms with Gasteiger partial charge < -0.3 is 0 Å². The minimum atomic E-state index is 0.675. The summed E-state index contributed by atoms with van der Waals surface area (Å²) in [5, 5.41) is 0. The minimum Gasteiger partial charge on any atom is -0.0654 e. The van der Waals surface area contributed by atoms with Crippen molar-refractivity contribution in [2.24, 2.45) is 52.3 Å². The summed E-state index contributed by atoms with van der Waals surface area (Å²) in [6.07, 6.45) is 19.2. The summed E-state index contributed by atoms with van der Waals surface area (Å²) in [6, 6.07) is 0. The van der Waals surface area contributed by atoms with Crippen LogP contribution in [-0.4, -0.2) is 0 Å². The van der Waals surface area contributed by atoms with Crippen LogP contribution in [-0.2, 0) is 0 Å². The SMILES string of the molecule is CCCCC(CC)C1(CC2(CC(C)C)CC(C(C)C)C2)CC1CC(CCC)C(C)CC. The third kappa shape index (κ3) is 6.76. The van der Waals surface area contributed by atoms with Crippen LogP contribution in [0.5, 0.6) is 0 Å². The second kappa shape index (κ2) is 11.9. The Morgan fingerprint density at radius 1 is 0.806 bits per heavy atom. The average Bonchev–Trinajstić information content (AvgIpc) is 3.37. The molecule has 0 aromatic heterocycles. The molecule has 0 heterocycles. The first-order chi connectivity index (χ1) is 14.7. The molecule has 31 heavy (non-hydrogen) atoms. The molecule has 0 aliphatic heterocycles. The molecule has 0 radical (unpaired) electrons. The Kier molecular flexibility index (Phi) is 10.5. The van der Waals surface area contributed by atoms with Gasteiger partial charge in [0.2, 0.25) is 0 Å². The van der Waals surface area contributed by atoms with E-state index in [1.54, 1.807) is 12.8 Å². The van der Waals surface area contributed by atoms with E-state index in [9.17, 15) is 0 Å². The van der Waals surface area contributed by atoms with E-state index in [1.165, 1.54) is 70.6 Å². The lowest BCUT2D eigenvalue weighted by atomic mass is 9.51. The van der Waals surface area contributed by atoms with Gasteiger partial charge in [-0.25, -0.2) is 0 Å². The van der Waals surface area contributed by atoms with E-state index >= 15 is 0 Å². The third-order valence-corrected chi connectivity index (χ3v) is 10.1. The van der Waals surface area contributed by atoms with Gasteiger partial charge in [0.25, 0.3) is 0 Å². The van der Waals surface area contributed by atoms with Crippen LogP contribution in [0.15, 0.2) is 0 Å². The van der Waals surface area contributed by atoms with E-state index in [1.807, 2.05) is 0 Å². The van der Waals surface area contributed by atoms with Crippen molar-refractivity contribution in [3.8, 4) is 0 Å². The van der Waals surface area contributed by atoms with Crippen LogP contribution in [0.2, 0.25) is 0 Å². The van der Waals surface area contributed by atoms with Crippen LogP contribution in [0.1, 0.15) is 146 Å². The van der Waals surface area contributed by atoms with Crippen molar-refractivity contribution in [2.75, 3.05) is 0 Å². The molecule has 0 aromatic carbocycles. The van der Waals surface area contributed by atoms with Gasteiger partial charge in [-0.2, -0.15) is 0 Å². The number of hydrogen-bond donors (Lipinski definition) is 0. The molecule has 0 heteroatoms.